The molecule has 2 unspecified atom stereocenters. The van der Waals surface area contributed by atoms with Crippen LogP contribution in [0.15, 0.2) is 0 Å². The van der Waals surface area contributed by atoms with E-state index in [1.54, 1.807) is 21.6 Å². The quantitative estimate of drug-likeness (QED) is 0.111. The Balaban J connectivity index is -0.000000558. The van der Waals surface area contributed by atoms with Gasteiger partial charge in [0.05, 0.1) is 0 Å². The third-order valence-electron chi connectivity index (χ3n) is 3.17. The minimum absolute atomic E-state index is 0.0583. The van der Waals surface area contributed by atoms with Crippen LogP contribution in [0.4, 0.5) is 26.3 Å². The molecule has 8 N–H and O–H groups in total. The summed E-state index contributed by atoms with van der Waals surface area (Å²) in [5, 5.41) is 31.3. The van der Waals surface area contributed by atoms with Gasteiger partial charge in [-0.1, -0.05) is 21.6 Å². The second kappa shape index (κ2) is 19.4. The molecule has 0 saturated heterocycles. The first kappa shape index (κ1) is 36.6. The standard InChI is InChI=1S/C12H24N2O4S2.2C2HF3O2/c13-9(1-3-11(15)16)5-7-19-20-8-6-10(14)2-4-12(17)18;2*3-2(4,5)1(6)7/h9-10H,1-8,13-14H2,(H,15,16)(H,17,18);2*(H,6,7). The van der Waals surface area contributed by atoms with Gasteiger partial charge in [-0.2, -0.15) is 26.3 Å². The molecule has 0 heterocycles. The summed E-state index contributed by atoms with van der Waals surface area (Å²) < 4.78 is 63.5. The van der Waals surface area contributed by atoms with Crippen LogP contribution in [0.25, 0.3) is 0 Å². The maximum atomic E-state index is 10.6. The number of carboxylic acid groups (broad SMARTS) is 4. The number of rotatable bonds is 13. The van der Waals surface area contributed by atoms with Crippen molar-refractivity contribution in [2.45, 2.75) is 63.0 Å². The first-order valence-corrected chi connectivity index (χ1v) is 11.6. The Morgan fingerprint density at radius 3 is 1.03 bits per heavy atom. The van der Waals surface area contributed by atoms with Gasteiger partial charge >= 0.3 is 36.2 Å². The van der Waals surface area contributed by atoms with Crippen molar-refractivity contribution in [3.8, 4) is 0 Å². The molecule has 0 radical (unpaired) electrons. The van der Waals surface area contributed by atoms with Crippen molar-refractivity contribution in [2.75, 3.05) is 11.5 Å². The molecule has 0 aromatic rings. The van der Waals surface area contributed by atoms with Crippen LogP contribution in [0, 0.1) is 0 Å². The molecule has 0 rings (SSSR count). The first-order chi connectivity index (χ1) is 15.3. The number of carbonyl (C=O) groups is 4. The largest absolute Gasteiger partial charge is 0.490 e. The summed E-state index contributed by atoms with van der Waals surface area (Å²) >= 11 is 0. The Morgan fingerprint density at radius 2 is 0.853 bits per heavy atom. The van der Waals surface area contributed by atoms with Crippen molar-refractivity contribution >= 4 is 45.5 Å². The molecule has 202 valence electrons. The fourth-order valence-electron chi connectivity index (χ4n) is 1.42. The third kappa shape index (κ3) is 30.1. The second-order valence-electron chi connectivity index (χ2n) is 6.21. The summed E-state index contributed by atoms with van der Waals surface area (Å²) in [6.07, 6.45) is -7.29. The number of alkyl halides is 6. The van der Waals surface area contributed by atoms with Crippen molar-refractivity contribution in [1.29, 1.82) is 0 Å². The van der Waals surface area contributed by atoms with Crippen LogP contribution in [0.2, 0.25) is 0 Å². The fraction of sp³-hybridized carbons (Fsp3) is 0.750. The van der Waals surface area contributed by atoms with E-state index in [1.165, 1.54) is 0 Å². The molecule has 2 atom stereocenters. The lowest BCUT2D eigenvalue weighted by Gasteiger charge is -2.11. The molecule has 34 heavy (non-hydrogen) atoms. The minimum Gasteiger partial charge on any atom is -0.481 e. The van der Waals surface area contributed by atoms with Gasteiger partial charge in [0.15, 0.2) is 0 Å². The van der Waals surface area contributed by atoms with Crippen LogP contribution in [-0.4, -0.2) is 80.2 Å². The smallest absolute Gasteiger partial charge is 0.481 e. The highest BCUT2D eigenvalue weighted by atomic mass is 33.1. The van der Waals surface area contributed by atoms with E-state index in [0.717, 1.165) is 24.3 Å². The molecular formula is C16H26F6N2O8S2. The molecule has 0 aromatic heterocycles. The summed E-state index contributed by atoms with van der Waals surface area (Å²) in [5.74, 6) is -5.36. The number of aliphatic carboxylic acids is 4. The Hall–Kier alpha value is -1.92. The Bertz CT molecular complexity index is 571. The minimum atomic E-state index is -5.08. The summed E-state index contributed by atoms with van der Waals surface area (Å²) in [6, 6.07) is -0.117. The average molecular weight is 553 g/mol. The topological polar surface area (TPSA) is 201 Å². The third-order valence-corrected chi connectivity index (χ3v) is 5.64. The maximum Gasteiger partial charge on any atom is 0.490 e. The van der Waals surface area contributed by atoms with Gasteiger partial charge in [0.2, 0.25) is 0 Å². The van der Waals surface area contributed by atoms with Crippen LogP contribution in [0.3, 0.4) is 0 Å². The van der Waals surface area contributed by atoms with E-state index in [9.17, 15) is 35.9 Å². The number of hydrogen-bond donors (Lipinski definition) is 6. The summed E-state index contributed by atoms with van der Waals surface area (Å²) in [4.78, 5) is 38.5. The van der Waals surface area contributed by atoms with Gasteiger partial charge in [-0.25, -0.2) is 9.59 Å². The molecule has 0 aliphatic carbocycles. The summed E-state index contributed by atoms with van der Waals surface area (Å²) in [5.41, 5.74) is 11.6. The van der Waals surface area contributed by atoms with E-state index in [0.29, 0.717) is 12.8 Å². The normalized spacial score (nSPS) is 12.8. The van der Waals surface area contributed by atoms with E-state index in [2.05, 4.69) is 0 Å². The van der Waals surface area contributed by atoms with Crippen molar-refractivity contribution in [3.63, 3.8) is 0 Å². The van der Waals surface area contributed by atoms with Crippen LogP contribution >= 0.6 is 21.6 Å². The number of halogens is 6. The lowest BCUT2D eigenvalue weighted by atomic mass is 10.1. The Morgan fingerprint density at radius 1 is 0.618 bits per heavy atom. The highest BCUT2D eigenvalue weighted by molar-refractivity contribution is 8.76. The van der Waals surface area contributed by atoms with Crippen LogP contribution in [0.1, 0.15) is 38.5 Å². The monoisotopic (exact) mass is 552 g/mol. The SMILES string of the molecule is NC(CCSSCCC(N)CCC(=O)O)CCC(=O)O.O=C(O)C(F)(F)F.O=C(O)C(F)(F)F. The van der Waals surface area contributed by atoms with E-state index >= 15 is 0 Å². The highest BCUT2D eigenvalue weighted by Gasteiger charge is 2.38. The lowest BCUT2D eigenvalue weighted by molar-refractivity contribution is -0.193. The van der Waals surface area contributed by atoms with Crippen LogP contribution < -0.4 is 11.5 Å². The van der Waals surface area contributed by atoms with Gasteiger partial charge in [0.25, 0.3) is 0 Å². The van der Waals surface area contributed by atoms with Crippen LogP contribution in [0.5, 0.6) is 0 Å². The summed E-state index contributed by atoms with van der Waals surface area (Å²) in [6.45, 7) is 0. The molecular weight excluding hydrogens is 526 g/mol. The zero-order valence-corrected chi connectivity index (χ0v) is 19.1. The molecule has 18 heteroatoms. The zero-order valence-electron chi connectivity index (χ0n) is 17.5. The fourth-order valence-corrected chi connectivity index (χ4v) is 3.74. The average Bonchev–Trinajstić information content (AvgIpc) is 2.66. The Labute approximate surface area is 197 Å². The van der Waals surface area contributed by atoms with E-state index in [-0.39, 0.29) is 24.9 Å². The highest BCUT2D eigenvalue weighted by Crippen LogP contribution is 2.24. The number of hydrogen-bond acceptors (Lipinski definition) is 8. The van der Waals surface area contributed by atoms with E-state index < -0.39 is 36.2 Å². The molecule has 0 aromatic carbocycles. The van der Waals surface area contributed by atoms with Crippen LogP contribution in [-0.2, 0) is 19.2 Å². The van der Waals surface area contributed by atoms with E-state index in [4.69, 9.17) is 41.5 Å². The molecule has 0 spiro atoms. The van der Waals surface area contributed by atoms with Crippen molar-refractivity contribution in [2.24, 2.45) is 11.5 Å². The van der Waals surface area contributed by atoms with Gasteiger partial charge in [-0.3, -0.25) is 9.59 Å². The van der Waals surface area contributed by atoms with Gasteiger partial charge < -0.3 is 31.9 Å². The first-order valence-electron chi connectivity index (χ1n) is 9.10. The predicted octanol–water partition coefficient (Wildman–Crippen LogP) is 2.80. The molecule has 0 amide bonds. The number of nitrogens with two attached hydrogens (primary N) is 2. The van der Waals surface area contributed by atoms with Gasteiger partial charge in [-0.15, -0.1) is 0 Å². The van der Waals surface area contributed by atoms with Crippen molar-refractivity contribution in [3.05, 3.63) is 0 Å². The van der Waals surface area contributed by atoms with Gasteiger partial charge in [-0.05, 0) is 25.7 Å². The lowest BCUT2D eigenvalue weighted by Crippen LogP contribution is -2.22. The maximum absolute atomic E-state index is 10.6. The zero-order chi connectivity index (χ0) is 27.5. The van der Waals surface area contributed by atoms with Gasteiger partial charge in [0, 0.05) is 36.4 Å². The predicted molar refractivity (Wildman–Crippen MR) is 111 cm³/mol. The van der Waals surface area contributed by atoms with E-state index in [1.807, 2.05) is 0 Å². The molecule has 0 saturated carbocycles. The molecule has 10 nitrogen and oxygen atoms in total. The second-order valence-corrected chi connectivity index (χ2v) is 8.91. The molecule has 0 aliphatic heterocycles. The molecule has 0 aliphatic rings. The van der Waals surface area contributed by atoms with Gasteiger partial charge in [0.1, 0.15) is 0 Å². The molecule has 0 bridgehead atoms. The van der Waals surface area contributed by atoms with Crippen molar-refractivity contribution < 1.29 is 65.9 Å². The number of carboxylic acids is 4. The summed E-state index contributed by atoms with van der Waals surface area (Å²) in [7, 11) is 3.40. The Kier molecular flexibility index (Phi) is 20.9. The molecule has 0 fully saturated rings. The van der Waals surface area contributed by atoms with Crippen molar-refractivity contribution in [1.82, 2.24) is 0 Å².